The Hall–Kier alpha value is -1.22. The third kappa shape index (κ3) is 1.79. The summed E-state index contributed by atoms with van der Waals surface area (Å²) in [6.07, 6.45) is 2.36. The topological polar surface area (TPSA) is 20.2 Å². The number of rotatable bonds is 2. The highest BCUT2D eigenvalue weighted by Gasteiger charge is 2.19. The molecular weight excluding hydrogens is 198 g/mol. The van der Waals surface area contributed by atoms with Gasteiger partial charge in [-0.1, -0.05) is 13.0 Å². The van der Waals surface area contributed by atoms with E-state index in [9.17, 15) is 13.9 Å². The second kappa shape index (κ2) is 3.74. The van der Waals surface area contributed by atoms with Gasteiger partial charge in [0.15, 0.2) is 11.6 Å². The predicted octanol–water partition coefficient (Wildman–Crippen LogP) is 2.68. The molecule has 0 saturated heterocycles. The van der Waals surface area contributed by atoms with Crippen molar-refractivity contribution in [3.05, 3.63) is 40.5 Å². The second-order valence-electron chi connectivity index (χ2n) is 3.79. The minimum Gasteiger partial charge on any atom is -0.389 e. The third-order valence-electron chi connectivity index (χ3n) is 2.73. The van der Waals surface area contributed by atoms with E-state index in [1.807, 2.05) is 6.92 Å². The lowest BCUT2D eigenvalue weighted by atomic mass is 10.1. The van der Waals surface area contributed by atoms with Crippen molar-refractivity contribution < 1.29 is 13.9 Å². The maximum absolute atomic E-state index is 12.9. The largest absolute Gasteiger partial charge is 0.389 e. The van der Waals surface area contributed by atoms with Crippen LogP contribution in [-0.2, 0) is 6.42 Å². The van der Waals surface area contributed by atoms with Crippen molar-refractivity contribution >= 4 is 6.08 Å². The molecule has 3 heteroatoms. The number of benzene rings is 1. The Balaban J connectivity index is 2.34. The highest BCUT2D eigenvalue weighted by atomic mass is 19.2. The van der Waals surface area contributed by atoms with E-state index in [-0.39, 0.29) is 0 Å². The summed E-state index contributed by atoms with van der Waals surface area (Å²) < 4.78 is 25.8. The van der Waals surface area contributed by atoms with E-state index < -0.39 is 17.7 Å². The standard InChI is InChI=1S/C12H12F2O/c1-2-12(15)9-3-7-5-10(13)11(14)6-8(7)4-9/h3,5-6,12,15H,2,4H2,1H3/t12-/m0/s1. The molecule has 1 aliphatic rings. The average molecular weight is 210 g/mol. The zero-order valence-corrected chi connectivity index (χ0v) is 8.43. The Bertz CT molecular complexity index is 424. The van der Waals surface area contributed by atoms with E-state index in [0.29, 0.717) is 18.4 Å². The molecule has 1 N–H and O–H groups in total. The summed E-state index contributed by atoms with van der Waals surface area (Å²) in [5, 5.41) is 9.61. The lowest BCUT2D eigenvalue weighted by Gasteiger charge is -2.07. The van der Waals surface area contributed by atoms with Crippen molar-refractivity contribution in [2.75, 3.05) is 0 Å². The molecule has 0 unspecified atom stereocenters. The maximum Gasteiger partial charge on any atom is 0.159 e. The predicted molar refractivity (Wildman–Crippen MR) is 54.3 cm³/mol. The summed E-state index contributed by atoms with van der Waals surface area (Å²) in [4.78, 5) is 0. The van der Waals surface area contributed by atoms with E-state index in [1.54, 1.807) is 6.08 Å². The van der Waals surface area contributed by atoms with Crippen LogP contribution in [0.4, 0.5) is 8.78 Å². The van der Waals surface area contributed by atoms with Crippen LogP contribution in [0.25, 0.3) is 6.08 Å². The Labute approximate surface area is 87.1 Å². The van der Waals surface area contributed by atoms with Crippen LogP contribution in [0.15, 0.2) is 17.7 Å². The fourth-order valence-electron chi connectivity index (χ4n) is 1.84. The van der Waals surface area contributed by atoms with Gasteiger partial charge in [0.2, 0.25) is 0 Å². The molecule has 1 aromatic rings. The van der Waals surface area contributed by atoms with Crippen molar-refractivity contribution in [2.24, 2.45) is 0 Å². The van der Waals surface area contributed by atoms with Crippen LogP contribution in [-0.4, -0.2) is 11.2 Å². The number of aliphatic hydroxyl groups excluding tert-OH is 1. The number of fused-ring (bicyclic) bond motifs is 1. The molecule has 1 aromatic carbocycles. The van der Waals surface area contributed by atoms with Crippen molar-refractivity contribution in [3.63, 3.8) is 0 Å². The smallest absolute Gasteiger partial charge is 0.159 e. The van der Waals surface area contributed by atoms with E-state index in [4.69, 9.17) is 0 Å². The molecule has 15 heavy (non-hydrogen) atoms. The Morgan fingerprint density at radius 3 is 2.67 bits per heavy atom. The van der Waals surface area contributed by atoms with Gasteiger partial charge in [0.05, 0.1) is 6.10 Å². The Morgan fingerprint density at radius 1 is 1.33 bits per heavy atom. The number of halogens is 2. The summed E-state index contributed by atoms with van der Waals surface area (Å²) >= 11 is 0. The first-order valence-corrected chi connectivity index (χ1v) is 4.98. The lowest BCUT2D eigenvalue weighted by Crippen LogP contribution is -2.08. The molecule has 0 radical (unpaired) electrons. The van der Waals surface area contributed by atoms with Gasteiger partial charge < -0.3 is 5.11 Å². The average Bonchev–Trinajstić information content (AvgIpc) is 2.60. The highest BCUT2D eigenvalue weighted by molar-refractivity contribution is 5.64. The van der Waals surface area contributed by atoms with Crippen LogP contribution < -0.4 is 0 Å². The molecule has 1 aliphatic carbocycles. The van der Waals surface area contributed by atoms with Crippen LogP contribution in [0, 0.1) is 11.6 Å². The number of aliphatic hydroxyl groups is 1. The SMILES string of the molecule is CC[C@H](O)C1=Cc2cc(F)c(F)cc2C1. The maximum atomic E-state index is 12.9. The minimum absolute atomic E-state index is 0.511. The van der Waals surface area contributed by atoms with Gasteiger partial charge in [-0.3, -0.25) is 0 Å². The van der Waals surface area contributed by atoms with Crippen molar-refractivity contribution in [2.45, 2.75) is 25.9 Å². The van der Waals surface area contributed by atoms with Gasteiger partial charge in [0, 0.05) is 0 Å². The van der Waals surface area contributed by atoms with Crippen LogP contribution in [0.3, 0.4) is 0 Å². The van der Waals surface area contributed by atoms with E-state index in [0.717, 1.165) is 11.1 Å². The molecule has 2 rings (SSSR count). The minimum atomic E-state index is -0.836. The van der Waals surface area contributed by atoms with Crippen molar-refractivity contribution in [1.82, 2.24) is 0 Å². The molecule has 0 fully saturated rings. The number of hydrogen-bond donors (Lipinski definition) is 1. The zero-order valence-electron chi connectivity index (χ0n) is 8.43. The molecule has 1 nitrogen and oxygen atoms in total. The molecule has 0 saturated carbocycles. The Kier molecular flexibility index (Phi) is 2.57. The highest BCUT2D eigenvalue weighted by Crippen LogP contribution is 2.29. The lowest BCUT2D eigenvalue weighted by molar-refractivity contribution is 0.205. The van der Waals surface area contributed by atoms with Gasteiger partial charge in [-0.15, -0.1) is 0 Å². The van der Waals surface area contributed by atoms with E-state index >= 15 is 0 Å². The van der Waals surface area contributed by atoms with Gasteiger partial charge in [0.1, 0.15) is 0 Å². The quantitative estimate of drug-likeness (QED) is 0.795. The number of hydrogen-bond acceptors (Lipinski definition) is 1. The van der Waals surface area contributed by atoms with Crippen molar-refractivity contribution in [1.29, 1.82) is 0 Å². The molecule has 0 aromatic heterocycles. The molecule has 0 spiro atoms. The molecule has 1 atom stereocenters. The van der Waals surface area contributed by atoms with Crippen LogP contribution in [0.1, 0.15) is 24.5 Å². The second-order valence-corrected chi connectivity index (χ2v) is 3.79. The summed E-state index contributed by atoms with van der Waals surface area (Å²) in [5.41, 5.74) is 2.25. The van der Waals surface area contributed by atoms with E-state index in [2.05, 4.69) is 0 Å². The van der Waals surface area contributed by atoms with Crippen LogP contribution in [0.5, 0.6) is 0 Å². The molecule has 0 aliphatic heterocycles. The third-order valence-corrected chi connectivity index (χ3v) is 2.73. The first-order valence-electron chi connectivity index (χ1n) is 4.98. The van der Waals surface area contributed by atoms with Gasteiger partial charge in [-0.05, 0) is 41.7 Å². The molecule has 0 heterocycles. The normalized spacial score (nSPS) is 16.1. The summed E-state index contributed by atoms with van der Waals surface area (Å²) in [6.45, 7) is 1.87. The summed E-state index contributed by atoms with van der Waals surface area (Å²) in [5.74, 6) is -1.66. The first-order chi connectivity index (χ1) is 7.11. The van der Waals surface area contributed by atoms with Gasteiger partial charge in [-0.25, -0.2) is 8.78 Å². The monoisotopic (exact) mass is 210 g/mol. The molecular formula is C12H12F2O. The summed E-state index contributed by atoms with van der Waals surface area (Å²) in [7, 11) is 0. The van der Waals surface area contributed by atoms with Gasteiger partial charge in [0.25, 0.3) is 0 Å². The van der Waals surface area contributed by atoms with Crippen molar-refractivity contribution in [3.8, 4) is 0 Å². The Morgan fingerprint density at radius 2 is 2.00 bits per heavy atom. The molecule has 0 amide bonds. The summed E-state index contributed by atoms with van der Waals surface area (Å²) in [6, 6.07) is 2.39. The fourth-order valence-corrected chi connectivity index (χ4v) is 1.84. The van der Waals surface area contributed by atoms with Crippen LogP contribution >= 0.6 is 0 Å². The van der Waals surface area contributed by atoms with Gasteiger partial charge in [-0.2, -0.15) is 0 Å². The van der Waals surface area contributed by atoms with E-state index in [1.165, 1.54) is 12.1 Å². The first kappa shape index (κ1) is 10.3. The fraction of sp³-hybridized carbons (Fsp3) is 0.333. The zero-order chi connectivity index (χ0) is 11.0. The molecule has 80 valence electrons. The van der Waals surface area contributed by atoms with Gasteiger partial charge >= 0.3 is 0 Å². The molecule has 0 bridgehead atoms. The van der Waals surface area contributed by atoms with Crippen LogP contribution in [0.2, 0.25) is 0 Å².